The molecule has 8 aromatic carbocycles. The number of amides is 1. The number of aromatic carboxylic acids is 1. The number of ether oxygens (including phenoxy) is 4. The number of pyridine rings is 2. The van der Waals surface area contributed by atoms with Crippen molar-refractivity contribution in [1.82, 2.24) is 29.4 Å². The molecule has 8 fully saturated rings. The fraction of sp³-hybridized carbons (Fsp3) is 0.340. The van der Waals surface area contributed by atoms with Crippen LogP contribution < -0.4 is 50.0 Å². The van der Waals surface area contributed by atoms with Gasteiger partial charge >= 0.3 is 32.4 Å². The third-order valence-corrected chi connectivity index (χ3v) is 26.9. The minimum absolute atomic E-state index is 0.169. The number of aromatic nitrogens is 4. The van der Waals surface area contributed by atoms with Crippen LogP contribution in [0.15, 0.2) is 235 Å². The van der Waals surface area contributed by atoms with E-state index in [2.05, 4.69) is 153 Å². The first-order chi connectivity index (χ1) is 62.6. The Morgan fingerprint density at radius 2 is 0.769 bits per heavy atom. The van der Waals surface area contributed by atoms with Crippen molar-refractivity contribution in [1.29, 1.82) is 0 Å². The van der Waals surface area contributed by atoms with Crippen LogP contribution in [0.1, 0.15) is 155 Å². The van der Waals surface area contributed by atoms with Crippen molar-refractivity contribution >= 4 is 90.7 Å². The maximum absolute atomic E-state index is 13.1. The average molecular weight is 1880 g/mol. The Labute approximate surface area is 767 Å². The van der Waals surface area contributed by atoms with Crippen molar-refractivity contribution in [3.63, 3.8) is 0 Å². The molecule has 0 bridgehead atoms. The third-order valence-electron chi connectivity index (χ3n) is 25.9. The molecular weight excluding hydrogens is 1780 g/mol. The molecule has 676 valence electrons. The standard InChI is InChI=1S/C30H29ClF2N4O2.C20H18F2N2O.C20H22F2N2O.C13H14N2.C10H9ClN2O2.C7H5BrF2O/c1-2-25-27(37-16-22(31)7-12-26(37)35-25)28(38)34-15-19-3-5-20(6-4-19)21-13-30(14-21)17-36(18-30)23-8-10-24(11-9-23)39-29(32)33;1-23-16-4-2-14(3-5-16)15-10-20(11-15)12-24(13-20)17-6-8-18(9-7-17)25-19(21)22;21-19(22)25-18-7-5-17(6-8-18)24-12-20(13-24)9-16(10-20)15-3-1-14(11-23)2-4-15;1-14-12-4-2-10(3-5-12)11-6-13(7-11)8-15-9-13;1-2-7-9(10(14)15)13-5-6(11)3-4-8(13)12-7;8-5-1-3-6(4-2-5)11-7(9)10/h3-12,16,21,29H,2,13-15,17-18H2,1H3,(H,34,38);2-9,15,19H,10-13H2;1-8,16,19H,9-13,23H2;2-5,11,15H,6-9H2;3-5H,2H2,1H3,(H,14,15);1-4,7H. The fourth-order valence-corrected chi connectivity index (χ4v) is 19.8. The van der Waals surface area contributed by atoms with Gasteiger partial charge in [-0.1, -0.05) is 150 Å². The lowest BCUT2D eigenvalue weighted by Crippen LogP contribution is -2.61. The highest BCUT2D eigenvalue weighted by molar-refractivity contribution is 9.10. The van der Waals surface area contributed by atoms with E-state index in [1.165, 1.54) is 96.0 Å². The van der Waals surface area contributed by atoms with Gasteiger partial charge < -0.3 is 55.1 Å². The molecule has 0 unspecified atom stereocenters. The molecule has 4 saturated carbocycles. The van der Waals surface area contributed by atoms with Crippen LogP contribution >= 0.6 is 39.1 Å². The molecule has 4 aliphatic carbocycles. The van der Waals surface area contributed by atoms with Crippen molar-refractivity contribution in [2.24, 2.45) is 27.4 Å². The van der Waals surface area contributed by atoms with Gasteiger partial charge in [0.15, 0.2) is 17.1 Å². The molecule has 0 radical (unpaired) electrons. The number of carbonyl (C=O) groups excluding carboxylic acids is 1. The zero-order valence-electron chi connectivity index (χ0n) is 71.4. The number of aryl methyl sites for hydroxylation is 2. The summed E-state index contributed by atoms with van der Waals surface area (Å²) in [5, 5.41) is 16.5. The Bertz CT molecular complexity index is 5940. The third kappa shape index (κ3) is 22.2. The molecular formula is C100H97BrCl2F8N12O7. The molecule has 8 aliphatic rings. The smallest absolute Gasteiger partial charge is 0.387 e. The number of benzene rings is 8. The van der Waals surface area contributed by atoms with Crippen LogP contribution in [0.3, 0.4) is 0 Å². The second-order valence-corrected chi connectivity index (χ2v) is 36.6. The Kier molecular flexibility index (Phi) is 29.0. The first-order valence-electron chi connectivity index (χ1n) is 43.1. The van der Waals surface area contributed by atoms with Gasteiger partial charge in [-0.15, -0.1) is 0 Å². The number of halogens is 11. The quantitative estimate of drug-likeness (QED) is 0.0370. The largest absolute Gasteiger partial charge is 0.477 e. The van der Waals surface area contributed by atoms with E-state index in [1.807, 2.05) is 80.6 Å². The van der Waals surface area contributed by atoms with Gasteiger partial charge in [0, 0.05) is 116 Å². The number of anilines is 3. The maximum atomic E-state index is 13.1. The van der Waals surface area contributed by atoms with E-state index in [4.69, 9.17) is 47.2 Å². The van der Waals surface area contributed by atoms with E-state index in [-0.39, 0.29) is 34.6 Å². The van der Waals surface area contributed by atoms with Crippen molar-refractivity contribution in [2.45, 2.75) is 141 Å². The van der Waals surface area contributed by atoms with Gasteiger partial charge in [-0.3, -0.25) is 13.6 Å². The number of imidazole rings is 2. The summed E-state index contributed by atoms with van der Waals surface area (Å²) in [4.78, 5) is 46.6. The van der Waals surface area contributed by atoms with Crippen LogP contribution in [-0.4, -0.2) is 115 Å². The summed E-state index contributed by atoms with van der Waals surface area (Å²) in [5.41, 5.74) is 23.1. The molecule has 4 spiro atoms. The van der Waals surface area contributed by atoms with E-state index in [1.54, 1.807) is 83.5 Å². The summed E-state index contributed by atoms with van der Waals surface area (Å²) in [6.07, 6.45) is 14.3. The Morgan fingerprint density at radius 3 is 1.07 bits per heavy atom. The van der Waals surface area contributed by atoms with Gasteiger partial charge in [0.25, 0.3) is 5.91 Å². The van der Waals surface area contributed by atoms with E-state index >= 15 is 0 Å². The molecule has 4 aliphatic heterocycles. The predicted molar refractivity (Wildman–Crippen MR) is 491 cm³/mol. The van der Waals surface area contributed by atoms with Crippen molar-refractivity contribution in [3.8, 4) is 23.0 Å². The lowest BCUT2D eigenvalue weighted by atomic mass is 9.56. The molecule has 20 rings (SSSR count). The van der Waals surface area contributed by atoms with E-state index in [0.717, 1.165) is 96.5 Å². The number of nitrogens with two attached hydrogens (primary N) is 1. The fourth-order valence-electron chi connectivity index (χ4n) is 19.2. The molecule has 0 atom stereocenters. The monoisotopic (exact) mass is 1880 g/mol. The first kappa shape index (κ1) is 92.8. The molecule has 19 nitrogen and oxygen atoms in total. The minimum Gasteiger partial charge on any atom is -0.477 e. The highest BCUT2D eigenvalue weighted by atomic mass is 79.9. The number of carbonyl (C=O) groups is 2. The molecule has 1 amide bonds. The number of hydrogen-bond acceptors (Lipinski definition) is 13. The summed E-state index contributed by atoms with van der Waals surface area (Å²) >= 11 is 15.1. The van der Waals surface area contributed by atoms with Gasteiger partial charge in [-0.2, -0.15) is 35.1 Å². The summed E-state index contributed by atoms with van der Waals surface area (Å²) < 4.78 is 118. The summed E-state index contributed by atoms with van der Waals surface area (Å²) in [6.45, 7) is 16.2. The molecule has 130 heavy (non-hydrogen) atoms. The average Bonchev–Trinajstić information content (AvgIpc) is 1.19. The van der Waals surface area contributed by atoms with Gasteiger partial charge in [-0.25, -0.2) is 24.5 Å². The molecule has 30 heteroatoms. The second-order valence-electron chi connectivity index (χ2n) is 34.8. The van der Waals surface area contributed by atoms with Gasteiger partial charge in [0.1, 0.15) is 40.0 Å². The summed E-state index contributed by atoms with van der Waals surface area (Å²) in [5.74, 6) is 2.11. The Hall–Kier alpha value is -11.9. The lowest BCUT2D eigenvalue weighted by Gasteiger charge is -2.60. The molecule has 4 aromatic heterocycles. The van der Waals surface area contributed by atoms with E-state index in [0.29, 0.717) is 104 Å². The van der Waals surface area contributed by atoms with Crippen LogP contribution in [0.25, 0.3) is 21.0 Å². The number of carboxylic acid groups (broad SMARTS) is 1. The lowest BCUT2D eigenvalue weighted by molar-refractivity contribution is -0.0505. The highest BCUT2D eigenvalue weighted by Gasteiger charge is 2.55. The number of hydrogen-bond donors (Lipinski definition) is 4. The molecule has 5 N–H and O–H groups in total. The number of fused-ring (bicyclic) bond motifs is 2. The van der Waals surface area contributed by atoms with Crippen molar-refractivity contribution in [3.05, 3.63) is 324 Å². The zero-order valence-corrected chi connectivity index (χ0v) is 74.5. The van der Waals surface area contributed by atoms with Crippen molar-refractivity contribution in [2.75, 3.05) is 67.1 Å². The molecule has 12 aromatic rings. The minimum atomic E-state index is -2.81. The van der Waals surface area contributed by atoms with E-state index in [9.17, 15) is 44.7 Å². The summed E-state index contributed by atoms with van der Waals surface area (Å²) in [7, 11) is 0. The number of nitrogens with one attached hydrogen (secondary N) is 2. The van der Waals surface area contributed by atoms with Gasteiger partial charge in [-0.05, 0) is 248 Å². The first-order valence-corrected chi connectivity index (χ1v) is 44.6. The highest BCUT2D eigenvalue weighted by Crippen LogP contribution is 2.60. The van der Waals surface area contributed by atoms with Crippen LogP contribution in [0.5, 0.6) is 23.0 Å². The van der Waals surface area contributed by atoms with Crippen LogP contribution in [-0.2, 0) is 25.9 Å². The van der Waals surface area contributed by atoms with Crippen LogP contribution in [0, 0.1) is 34.8 Å². The SMILES string of the molecule is CCc1nc2ccc(Cl)cn2c1C(=O)NCc1ccc(C2CC3(C2)CN(c2ccc(OC(F)F)cc2)C3)cc1.CCc1nc2ccc(Cl)cn2c1C(=O)O.FC(F)Oc1ccc(Br)cc1.NCc1ccc(C2CC3(C2)CN(c2ccc(OC(F)F)cc2)C3)cc1.[C-]#[N+]c1ccc(C2CC3(C2)CN(c2ccc(OC(F)F)cc2)C3)cc1.[C-]#[N+]c1ccc(C2CC3(CNC3)C2)cc1. The second kappa shape index (κ2) is 40.6. The van der Waals surface area contributed by atoms with Gasteiger partial charge in [0.2, 0.25) is 0 Å². The normalized spacial score (nSPS) is 18.1. The number of alkyl halides is 8. The number of nitrogens with zero attached hydrogens (tertiary/aromatic N) is 9. The molecule has 4 saturated heterocycles. The van der Waals surface area contributed by atoms with Crippen molar-refractivity contribution < 1.29 is 68.8 Å². The maximum Gasteiger partial charge on any atom is 0.387 e. The topological polar surface area (TPSA) is 194 Å². The van der Waals surface area contributed by atoms with Crippen LogP contribution in [0.4, 0.5) is 63.6 Å². The Balaban J connectivity index is 0.000000126. The van der Waals surface area contributed by atoms with Gasteiger partial charge in [0.05, 0.1) is 34.6 Å². The van der Waals surface area contributed by atoms with Crippen LogP contribution in [0.2, 0.25) is 10.0 Å². The summed E-state index contributed by atoms with van der Waals surface area (Å²) in [6, 6.07) is 67.0. The molecule has 8 heterocycles. The number of rotatable bonds is 22. The van der Waals surface area contributed by atoms with E-state index < -0.39 is 32.4 Å². The predicted octanol–water partition coefficient (Wildman–Crippen LogP) is 23.8. The zero-order chi connectivity index (χ0) is 91.6. The number of carboxylic acids is 1. The Morgan fingerprint density at radius 1 is 0.462 bits per heavy atom.